The molecule has 1 aliphatic rings. The Kier molecular flexibility index (Phi) is 6.28. The van der Waals surface area contributed by atoms with Gasteiger partial charge < -0.3 is 20.1 Å². The van der Waals surface area contributed by atoms with Gasteiger partial charge in [-0.3, -0.25) is 19.3 Å². The van der Waals surface area contributed by atoms with Crippen LogP contribution in [-0.2, 0) is 14.4 Å². The van der Waals surface area contributed by atoms with Crippen LogP contribution in [0.25, 0.3) is 0 Å². The highest BCUT2D eigenvalue weighted by molar-refractivity contribution is 6.04. The van der Waals surface area contributed by atoms with E-state index in [1.54, 1.807) is 35.9 Å². The lowest BCUT2D eigenvalue weighted by Crippen LogP contribution is -2.44. The van der Waals surface area contributed by atoms with Crippen LogP contribution in [0.1, 0.15) is 25.5 Å². The summed E-state index contributed by atoms with van der Waals surface area (Å²) in [5.74, 6) is 0.534. The Morgan fingerprint density at radius 2 is 2.14 bits per heavy atom. The number of rotatable bonds is 6. The normalized spacial score (nSPS) is 16.2. The van der Waals surface area contributed by atoms with E-state index in [4.69, 9.17) is 4.52 Å². The van der Waals surface area contributed by atoms with Gasteiger partial charge in [-0.15, -0.1) is 0 Å². The summed E-state index contributed by atoms with van der Waals surface area (Å²) >= 11 is 0. The molecule has 9 heteroatoms. The van der Waals surface area contributed by atoms with E-state index < -0.39 is 0 Å². The van der Waals surface area contributed by atoms with Crippen LogP contribution < -0.4 is 15.5 Å². The van der Waals surface area contributed by atoms with Crippen LogP contribution in [0.4, 0.5) is 17.2 Å². The molecule has 0 bridgehead atoms. The molecule has 1 aromatic heterocycles. The van der Waals surface area contributed by atoms with Crippen LogP contribution in [-0.4, -0.2) is 54.0 Å². The van der Waals surface area contributed by atoms with Crippen LogP contribution in [0.3, 0.4) is 0 Å². The Balaban J connectivity index is 1.58. The number of hydrogen-bond acceptors (Lipinski definition) is 6. The number of nitrogens with one attached hydrogen (secondary N) is 2. The summed E-state index contributed by atoms with van der Waals surface area (Å²) in [5.41, 5.74) is 1.31. The van der Waals surface area contributed by atoms with Gasteiger partial charge >= 0.3 is 0 Å². The monoisotopic (exact) mass is 399 g/mol. The number of likely N-dealkylation sites (N-methyl/N-ethyl adjacent to an activating group) is 1. The van der Waals surface area contributed by atoms with E-state index >= 15 is 0 Å². The first-order valence-corrected chi connectivity index (χ1v) is 9.46. The molecule has 154 valence electrons. The molecule has 2 aromatic rings. The Labute approximate surface area is 169 Å². The number of anilines is 3. The summed E-state index contributed by atoms with van der Waals surface area (Å²) in [6.07, 6.45) is 0.436. The highest BCUT2D eigenvalue weighted by Crippen LogP contribution is 2.31. The fraction of sp³-hybridized carbons (Fsp3) is 0.400. The number of aromatic nitrogens is 1. The number of nitrogens with zero attached hydrogens (tertiary/aromatic N) is 3. The van der Waals surface area contributed by atoms with Gasteiger partial charge in [0.2, 0.25) is 17.7 Å². The lowest BCUT2D eigenvalue weighted by atomic mass is 10.1. The van der Waals surface area contributed by atoms with Gasteiger partial charge in [0.25, 0.3) is 0 Å². The van der Waals surface area contributed by atoms with Crippen molar-refractivity contribution in [3.63, 3.8) is 0 Å². The Morgan fingerprint density at radius 3 is 2.86 bits per heavy atom. The fourth-order valence-electron chi connectivity index (χ4n) is 3.28. The summed E-state index contributed by atoms with van der Waals surface area (Å²) in [4.78, 5) is 40.5. The standard InChI is InChI=1S/C20H25N5O4/c1-13-10-19(27)21-15-6-4-5-7-16(15)25(13)20(28)12-24(3)9-8-18(26)22-17-11-14(2)29-23-17/h4-7,11,13H,8-10,12H2,1-3H3,(H,21,27)(H,22,23,26). The quantitative estimate of drug-likeness (QED) is 0.769. The number of fused-ring (bicyclic) bond motifs is 1. The molecular formula is C20H25N5O4. The van der Waals surface area contributed by atoms with E-state index in [9.17, 15) is 14.4 Å². The third kappa shape index (κ3) is 5.20. The van der Waals surface area contributed by atoms with Gasteiger partial charge in [0.1, 0.15) is 5.76 Å². The highest BCUT2D eigenvalue weighted by atomic mass is 16.5. The van der Waals surface area contributed by atoms with Crippen molar-refractivity contribution in [2.24, 2.45) is 0 Å². The van der Waals surface area contributed by atoms with Crippen molar-refractivity contribution in [3.8, 4) is 0 Å². The van der Waals surface area contributed by atoms with Gasteiger partial charge in [-0.25, -0.2) is 0 Å². The van der Waals surface area contributed by atoms with Gasteiger partial charge in [-0.2, -0.15) is 0 Å². The maximum atomic E-state index is 13.0. The van der Waals surface area contributed by atoms with Crippen molar-refractivity contribution in [3.05, 3.63) is 36.1 Å². The molecule has 3 amide bonds. The molecule has 1 atom stereocenters. The number of amides is 3. The van der Waals surface area contributed by atoms with Gasteiger partial charge in [-0.1, -0.05) is 17.3 Å². The average Bonchev–Trinajstić information content (AvgIpc) is 3.00. The third-order valence-electron chi connectivity index (χ3n) is 4.65. The van der Waals surface area contributed by atoms with E-state index in [0.717, 1.165) is 0 Å². The fourth-order valence-corrected chi connectivity index (χ4v) is 3.28. The number of carbonyl (C=O) groups excluding carboxylic acids is 3. The van der Waals surface area contributed by atoms with Gasteiger partial charge in [0.15, 0.2) is 5.82 Å². The molecule has 29 heavy (non-hydrogen) atoms. The summed E-state index contributed by atoms with van der Waals surface area (Å²) in [5, 5.41) is 9.22. The minimum atomic E-state index is -0.266. The number of hydrogen-bond donors (Lipinski definition) is 2. The lowest BCUT2D eigenvalue weighted by Gasteiger charge is -2.29. The molecule has 0 radical (unpaired) electrons. The van der Waals surface area contributed by atoms with E-state index in [1.807, 2.05) is 25.1 Å². The van der Waals surface area contributed by atoms with Gasteiger partial charge in [0, 0.05) is 31.5 Å². The molecular weight excluding hydrogens is 374 g/mol. The molecule has 0 fully saturated rings. The molecule has 9 nitrogen and oxygen atoms in total. The number of para-hydroxylation sites is 2. The SMILES string of the molecule is Cc1cc(NC(=O)CCN(C)CC(=O)N2c3ccccc3NC(=O)CC2C)no1. The van der Waals surface area contributed by atoms with Crippen molar-refractivity contribution >= 4 is 34.9 Å². The first-order valence-electron chi connectivity index (χ1n) is 9.46. The van der Waals surface area contributed by atoms with E-state index in [1.165, 1.54) is 0 Å². The minimum Gasteiger partial charge on any atom is -0.360 e. The smallest absolute Gasteiger partial charge is 0.241 e. The Hall–Kier alpha value is -3.20. The van der Waals surface area contributed by atoms with Crippen molar-refractivity contribution in [2.75, 3.05) is 35.7 Å². The molecule has 2 heterocycles. The average molecular weight is 399 g/mol. The summed E-state index contributed by atoms with van der Waals surface area (Å²) in [7, 11) is 1.78. The lowest BCUT2D eigenvalue weighted by molar-refractivity contribution is -0.121. The second kappa shape index (κ2) is 8.87. The second-order valence-corrected chi connectivity index (χ2v) is 7.24. The molecule has 3 rings (SSSR count). The van der Waals surface area contributed by atoms with Gasteiger partial charge in [-0.05, 0) is 33.0 Å². The predicted octanol–water partition coefficient (Wildman–Crippen LogP) is 2.01. The van der Waals surface area contributed by atoms with E-state index in [-0.39, 0.29) is 43.1 Å². The minimum absolute atomic E-state index is 0.117. The molecule has 2 N–H and O–H groups in total. The van der Waals surface area contributed by atoms with Crippen molar-refractivity contribution in [2.45, 2.75) is 32.7 Å². The van der Waals surface area contributed by atoms with Crippen molar-refractivity contribution < 1.29 is 18.9 Å². The van der Waals surface area contributed by atoms with Crippen LogP contribution >= 0.6 is 0 Å². The predicted molar refractivity (Wildman–Crippen MR) is 109 cm³/mol. The molecule has 0 saturated heterocycles. The van der Waals surface area contributed by atoms with Crippen LogP contribution in [0.15, 0.2) is 34.9 Å². The zero-order valence-corrected chi connectivity index (χ0v) is 16.8. The summed E-state index contributed by atoms with van der Waals surface area (Å²) in [6.45, 7) is 4.12. The number of carbonyl (C=O) groups is 3. The van der Waals surface area contributed by atoms with Crippen LogP contribution in [0.2, 0.25) is 0 Å². The van der Waals surface area contributed by atoms with Crippen LogP contribution in [0, 0.1) is 6.92 Å². The van der Waals surface area contributed by atoms with Crippen LogP contribution in [0.5, 0.6) is 0 Å². The third-order valence-corrected chi connectivity index (χ3v) is 4.65. The molecule has 1 aromatic carbocycles. The second-order valence-electron chi connectivity index (χ2n) is 7.24. The first kappa shape index (κ1) is 20.5. The van der Waals surface area contributed by atoms with E-state index in [0.29, 0.717) is 29.5 Å². The highest BCUT2D eigenvalue weighted by Gasteiger charge is 2.29. The molecule has 0 saturated carbocycles. The largest absolute Gasteiger partial charge is 0.360 e. The van der Waals surface area contributed by atoms with Gasteiger partial charge in [0.05, 0.1) is 17.9 Å². The van der Waals surface area contributed by atoms with Crippen molar-refractivity contribution in [1.82, 2.24) is 10.1 Å². The topological polar surface area (TPSA) is 108 Å². The maximum Gasteiger partial charge on any atom is 0.241 e. The van der Waals surface area contributed by atoms with E-state index in [2.05, 4.69) is 15.8 Å². The summed E-state index contributed by atoms with van der Waals surface area (Å²) in [6, 6.07) is 8.63. The molecule has 1 aliphatic heterocycles. The number of aryl methyl sites for hydroxylation is 1. The number of benzene rings is 1. The Bertz CT molecular complexity index is 910. The molecule has 1 unspecified atom stereocenters. The molecule has 0 spiro atoms. The zero-order chi connectivity index (χ0) is 21.0. The maximum absolute atomic E-state index is 13.0. The molecule has 0 aliphatic carbocycles. The Morgan fingerprint density at radius 1 is 1.38 bits per heavy atom. The summed E-state index contributed by atoms with van der Waals surface area (Å²) < 4.78 is 4.91. The van der Waals surface area contributed by atoms with Crippen molar-refractivity contribution in [1.29, 1.82) is 0 Å². The first-order chi connectivity index (χ1) is 13.8. The zero-order valence-electron chi connectivity index (χ0n) is 16.8.